The van der Waals surface area contributed by atoms with Gasteiger partial charge in [-0.2, -0.15) is 0 Å². The van der Waals surface area contributed by atoms with Crippen LogP contribution in [-0.4, -0.2) is 51.7 Å². The predicted octanol–water partition coefficient (Wildman–Crippen LogP) is 0.874. The summed E-state index contributed by atoms with van der Waals surface area (Å²) in [7, 11) is 0. The lowest BCUT2D eigenvalue weighted by Crippen LogP contribution is -2.45. The SMILES string of the molecule is CC1(CNC(=O)c2cn(C3CCNCC3)nn2)CCCCC1O. The minimum absolute atomic E-state index is 0.204. The van der Waals surface area contributed by atoms with Gasteiger partial charge < -0.3 is 15.7 Å². The molecule has 1 aliphatic heterocycles. The molecule has 7 nitrogen and oxygen atoms in total. The summed E-state index contributed by atoms with van der Waals surface area (Å²) in [5.41, 5.74) is 0.122. The van der Waals surface area contributed by atoms with Gasteiger partial charge in [-0.25, -0.2) is 4.68 Å². The predicted molar refractivity (Wildman–Crippen MR) is 86.1 cm³/mol. The maximum absolute atomic E-state index is 12.3. The Morgan fingerprint density at radius 3 is 2.96 bits per heavy atom. The third-order valence-electron chi connectivity index (χ3n) is 5.36. The number of aliphatic hydroxyl groups excluding tert-OH is 1. The largest absolute Gasteiger partial charge is 0.392 e. The van der Waals surface area contributed by atoms with Crippen LogP contribution in [0.15, 0.2) is 6.20 Å². The van der Waals surface area contributed by atoms with Gasteiger partial charge in [-0.1, -0.05) is 25.0 Å². The van der Waals surface area contributed by atoms with Crippen molar-refractivity contribution >= 4 is 5.91 Å². The molecule has 7 heteroatoms. The average Bonchev–Trinajstić information content (AvgIpc) is 3.07. The Labute approximate surface area is 136 Å². The van der Waals surface area contributed by atoms with Gasteiger partial charge in [-0.3, -0.25) is 4.79 Å². The van der Waals surface area contributed by atoms with Gasteiger partial charge in [0.25, 0.3) is 5.91 Å². The molecule has 2 fully saturated rings. The van der Waals surface area contributed by atoms with Crippen molar-refractivity contribution in [2.75, 3.05) is 19.6 Å². The van der Waals surface area contributed by atoms with Crippen LogP contribution in [0.3, 0.4) is 0 Å². The molecular formula is C16H27N5O2. The monoisotopic (exact) mass is 321 g/mol. The highest BCUT2D eigenvalue weighted by Crippen LogP contribution is 2.35. The quantitative estimate of drug-likeness (QED) is 0.765. The fourth-order valence-electron chi connectivity index (χ4n) is 3.59. The Hall–Kier alpha value is -1.47. The van der Waals surface area contributed by atoms with E-state index in [2.05, 4.69) is 20.9 Å². The summed E-state index contributed by atoms with van der Waals surface area (Å²) in [6.45, 7) is 4.47. The summed E-state index contributed by atoms with van der Waals surface area (Å²) >= 11 is 0. The summed E-state index contributed by atoms with van der Waals surface area (Å²) in [5, 5.41) is 24.6. The number of carbonyl (C=O) groups excluding carboxylic acids is 1. The first-order valence-corrected chi connectivity index (χ1v) is 8.67. The maximum Gasteiger partial charge on any atom is 0.273 e. The molecule has 128 valence electrons. The van der Waals surface area contributed by atoms with Gasteiger partial charge in [0.05, 0.1) is 18.3 Å². The maximum atomic E-state index is 12.3. The van der Waals surface area contributed by atoms with Crippen molar-refractivity contribution in [3.8, 4) is 0 Å². The van der Waals surface area contributed by atoms with Crippen LogP contribution in [0.25, 0.3) is 0 Å². The van der Waals surface area contributed by atoms with Gasteiger partial charge in [-0.15, -0.1) is 5.10 Å². The summed E-state index contributed by atoms with van der Waals surface area (Å²) in [6, 6.07) is 0.322. The number of carbonyl (C=O) groups is 1. The van der Waals surface area contributed by atoms with Crippen LogP contribution in [0.4, 0.5) is 0 Å². The third kappa shape index (κ3) is 3.72. The lowest BCUT2D eigenvalue weighted by atomic mass is 9.73. The van der Waals surface area contributed by atoms with Crippen molar-refractivity contribution in [1.29, 1.82) is 0 Å². The van der Waals surface area contributed by atoms with Gasteiger partial charge in [0.1, 0.15) is 0 Å². The second-order valence-corrected chi connectivity index (χ2v) is 7.16. The first-order valence-electron chi connectivity index (χ1n) is 8.67. The molecule has 3 rings (SSSR count). The highest BCUT2D eigenvalue weighted by atomic mass is 16.3. The van der Waals surface area contributed by atoms with Crippen molar-refractivity contribution in [2.45, 2.75) is 57.6 Å². The number of amides is 1. The van der Waals surface area contributed by atoms with Gasteiger partial charge in [-0.05, 0) is 38.8 Å². The molecule has 1 amide bonds. The summed E-state index contributed by atoms with van der Waals surface area (Å²) in [6.07, 6.45) is 7.34. The molecule has 0 spiro atoms. The van der Waals surface area contributed by atoms with Crippen LogP contribution in [0, 0.1) is 5.41 Å². The van der Waals surface area contributed by atoms with Gasteiger partial charge in [0, 0.05) is 12.0 Å². The Morgan fingerprint density at radius 2 is 2.22 bits per heavy atom. The van der Waals surface area contributed by atoms with E-state index in [4.69, 9.17) is 0 Å². The number of hydrogen-bond donors (Lipinski definition) is 3. The summed E-state index contributed by atoms with van der Waals surface area (Å²) in [4.78, 5) is 12.3. The molecule has 0 aromatic carbocycles. The van der Waals surface area contributed by atoms with E-state index in [1.165, 1.54) is 0 Å². The van der Waals surface area contributed by atoms with E-state index in [0.717, 1.165) is 51.6 Å². The van der Waals surface area contributed by atoms with Crippen LogP contribution in [0.1, 0.15) is 62.0 Å². The molecule has 1 aromatic rings. The number of aromatic nitrogens is 3. The smallest absolute Gasteiger partial charge is 0.273 e. The molecular weight excluding hydrogens is 294 g/mol. The van der Waals surface area contributed by atoms with Crippen LogP contribution in [0.5, 0.6) is 0 Å². The molecule has 0 radical (unpaired) electrons. The zero-order valence-corrected chi connectivity index (χ0v) is 13.8. The second kappa shape index (κ2) is 6.97. The standard InChI is InChI=1S/C16H27N5O2/c1-16(7-3-2-4-14(16)22)11-18-15(23)13-10-21(20-19-13)12-5-8-17-9-6-12/h10,12,14,17,22H,2-9,11H2,1H3,(H,18,23). The molecule has 2 atom stereocenters. The Morgan fingerprint density at radius 1 is 1.43 bits per heavy atom. The van der Waals surface area contributed by atoms with Gasteiger partial charge in [0.2, 0.25) is 0 Å². The molecule has 1 saturated carbocycles. The van der Waals surface area contributed by atoms with Crippen LogP contribution < -0.4 is 10.6 Å². The van der Waals surface area contributed by atoms with Crippen LogP contribution in [-0.2, 0) is 0 Å². The van der Waals surface area contributed by atoms with Crippen molar-refractivity contribution < 1.29 is 9.90 Å². The normalized spacial score (nSPS) is 29.4. The fourth-order valence-corrected chi connectivity index (χ4v) is 3.59. The van der Waals surface area contributed by atoms with Gasteiger partial charge in [0.15, 0.2) is 5.69 Å². The van der Waals surface area contributed by atoms with E-state index in [-0.39, 0.29) is 17.4 Å². The average molecular weight is 321 g/mol. The number of piperidine rings is 1. The highest BCUT2D eigenvalue weighted by molar-refractivity contribution is 5.91. The molecule has 1 aromatic heterocycles. The number of nitrogens with one attached hydrogen (secondary N) is 2. The molecule has 2 heterocycles. The van der Waals surface area contributed by atoms with Crippen molar-refractivity contribution in [2.24, 2.45) is 5.41 Å². The second-order valence-electron chi connectivity index (χ2n) is 7.16. The van der Waals surface area contributed by atoms with Gasteiger partial charge >= 0.3 is 0 Å². The minimum atomic E-state index is -0.345. The van der Waals surface area contributed by atoms with Crippen LogP contribution >= 0.6 is 0 Å². The minimum Gasteiger partial charge on any atom is -0.392 e. The molecule has 2 aliphatic rings. The van der Waals surface area contributed by atoms with Crippen molar-refractivity contribution in [3.05, 3.63) is 11.9 Å². The van der Waals surface area contributed by atoms with Crippen LogP contribution in [0.2, 0.25) is 0 Å². The topological polar surface area (TPSA) is 92.1 Å². The number of rotatable bonds is 4. The Bertz CT molecular complexity index is 540. The van der Waals surface area contributed by atoms with E-state index in [1.54, 1.807) is 6.20 Å². The molecule has 1 aliphatic carbocycles. The number of hydrogen-bond acceptors (Lipinski definition) is 5. The zero-order chi connectivity index (χ0) is 16.3. The lowest BCUT2D eigenvalue weighted by molar-refractivity contribution is 0.00187. The summed E-state index contributed by atoms with van der Waals surface area (Å²) < 4.78 is 1.81. The molecule has 1 saturated heterocycles. The van der Waals surface area contributed by atoms with E-state index in [0.29, 0.717) is 18.3 Å². The number of aliphatic hydroxyl groups is 1. The van der Waals surface area contributed by atoms with E-state index in [1.807, 2.05) is 11.6 Å². The molecule has 3 N–H and O–H groups in total. The van der Waals surface area contributed by atoms with Crippen molar-refractivity contribution in [3.63, 3.8) is 0 Å². The zero-order valence-electron chi connectivity index (χ0n) is 13.8. The Kier molecular flexibility index (Phi) is 4.96. The fraction of sp³-hybridized carbons (Fsp3) is 0.812. The van der Waals surface area contributed by atoms with Crippen molar-refractivity contribution in [1.82, 2.24) is 25.6 Å². The number of nitrogens with zero attached hydrogens (tertiary/aromatic N) is 3. The van der Waals surface area contributed by atoms with E-state index >= 15 is 0 Å². The lowest BCUT2D eigenvalue weighted by Gasteiger charge is -2.38. The Balaban J connectivity index is 1.57. The first kappa shape index (κ1) is 16.4. The first-order chi connectivity index (χ1) is 11.1. The highest BCUT2D eigenvalue weighted by Gasteiger charge is 2.35. The van der Waals surface area contributed by atoms with E-state index in [9.17, 15) is 9.90 Å². The molecule has 0 bridgehead atoms. The molecule has 23 heavy (non-hydrogen) atoms. The third-order valence-corrected chi connectivity index (χ3v) is 5.36. The molecule has 2 unspecified atom stereocenters. The summed E-state index contributed by atoms with van der Waals surface area (Å²) in [5.74, 6) is -0.204. The van der Waals surface area contributed by atoms with E-state index < -0.39 is 0 Å².